The molecule has 0 bridgehead atoms. The van der Waals surface area contributed by atoms with Crippen LogP contribution in [0.15, 0.2) is 48.5 Å². The van der Waals surface area contributed by atoms with Gasteiger partial charge in [-0.3, -0.25) is 9.59 Å². The third-order valence-electron chi connectivity index (χ3n) is 6.13. The molecule has 2 aromatic rings. The Bertz CT molecular complexity index is 864. The van der Waals surface area contributed by atoms with Crippen LogP contribution in [0.5, 0.6) is 0 Å². The summed E-state index contributed by atoms with van der Waals surface area (Å²) < 4.78 is 0. The summed E-state index contributed by atoms with van der Waals surface area (Å²) in [5.74, 6) is 0.358. The number of carbonyl (C=O) groups excluding carboxylic acids is 2. The summed E-state index contributed by atoms with van der Waals surface area (Å²) >= 11 is 0. The van der Waals surface area contributed by atoms with Crippen LogP contribution in [0.25, 0.3) is 0 Å². The number of hydrogen-bond donors (Lipinski definition) is 0. The number of nitrogens with zero attached hydrogens (tertiary/aromatic N) is 2. The van der Waals surface area contributed by atoms with E-state index in [9.17, 15) is 9.59 Å². The number of anilines is 1. The van der Waals surface area contributed by atoms with E-state index in [1.54, 1.807) is 0 Å². The van der Waals surface area contributed by atoms with Gasteiger partial charge in [0.25, 0.3) is 0 Å². The molecule has 2 aliphatic rings. The molecule has 27 heavy (non-hydrogen) atoms. The van der Waals surface area contributed by atoms with Crippen molar-refractivity contribution in [2.45, 2.75) is 38.5 Å². The Morgan fingerprint density at radius 3 is 2.37 bits per heavy atom. The van der Waals surface area contributed by atoms with E-state index in [1.165, 1.54) is 5.56 Å². The SMILES string of the molecule is CCN1C(=O)C2(CCN(C(=O)Cc3ccc(C)cc3)CC2)c2ccccc21. The largest absolute Gasteiger partial charge is 0.342 e. The number of likely N-dealkylation sites (tertiary alicyclic amines) is 1. The second kappa shape index (κ2) is 6.84. The van der Waals surface area contributed by atoms with Crippen LogP contribution in [0, 0.1) is 6.92 Å². The van der Waals surface area contributed by atoms with Crippen LogP contribution in [-0.4, -0.2) is 36.3 Å². The van der Waals surface area contributed by atoms with Crippen molar-refractivity contribution in [1.82, 2.24) is 4.90 Å². The quantitative estimate of drug-likeness (QED) is 0.839. The fourth-order valence-electron chi connectivity index (χ4n) is 4.52. The second-order valence-electron chi connectivity index (χ2n) is 7.69. The molecule has 2 aliphatic heterocycles. The van der Waals surface area contributed by atoms with Crippen molar-refractivity contribution in [3.8, 4) is 0 Å². The lowest BCUT2D eigenvalue weighted by molar-refractivity contribution is -0.135. The van der Waals surface area contributed by atoms with Gasteiger partial charge in [0.05, 0.1) is 11.8 Å². The summed E-state index contributed by atoms with van der Waals surface area (Å²) in [6.07, 6.45) is 1.84. The summed E-state index contributed by atoms with van der Waals surface area (Å²) in [4.78, 5) is 29.8. The molecule has 4 heteroatoms. The predicted octanol–water partition coefficient (Wildman–Crippen LogP) is 3.46. The van der Waals surface area contributed by atoms with Crippen molar-refractivity contribution in [3.05, 3.63) is 65.2 Å². The Hall–Kier alpha value is -2.62. The molecule has 0 saturated carbocycles. The Morgan fingerprint density at radius 2 is 1.70 bits per heavy atom. The zero-order valence-electron chi connectivity index (χ0n) is 16.1. The predicted molar refractivity (Wildman–Crippen MR) is 107 cm³/mol. The average Bonchev–Trinajstić information content (AvgIpc) is 2.92. The van der Waals surface area contributed by atoms with Crippen LogP contribution in [0.3, 0.4) is 0 Å². The first kappa shape index (κ1) is 17.8. The van der Waals surface area contributed by atoms with Gasteiger partial charge in [-0.2, -0.15) is 0 Å². The minimum Gasteiger partial charge on any atom is -0.342 e. The van der Waals surface area contributed by atoms with Crippen molar-refractivity contribution in [2.24, 2.45) is 0 Å². The zero-order chi connectivity index (χ0) is 19.0. The number of piperidine rings is 1. The molecule has 1 saturated heterocycles. The molecule has 2 aromatic carbocycles. The molecular weight excluding hydrogens is 336 g/mol. The number of hydrogen-bond acceptors (Lipinski definition) is 2. The molecule has 0 N–H and O–H groups in total. The van der Waals surface area contributed by atoms with Gasteiger partial charge in [0.15, 0.2) is 0 Å². The molecule has 0 aliphatic carbocycles. The van der Waals surface area contributed by atoms with Gasteiger partial charge in [0.2, 0.25) is 11.8 Å². The third kappa shape index (κ3) is 2.93. The highest BCUT2D eigenvalue weighted by Gasteiger charge is 2.51. The molecular formula is C23H26N2O2. The maximum Gasteiger partial charge on any atom is 0.237 e. The summed E-state index contributed by atoms with van der Waals surface area (Å²) in [7, 11) is 0. The van der Waals surface area contributed by atoms with E-state index in [-0.39, 0.29) is 11.8 Å². The Labute approximate surface area is 160 Å². The van der Waals surface area contributed by atoms with E-state index in [4.69, 9.17) is 0 Å². The first-order valence-electron chi connectivity index (χ1n) is 9.80. The topological polar surface area (TPSA) is 40.6 Å². The van der Waals surface area contributed by atoms with Gasteiger partial charge < -0.3 is 9.80 Å². The minimum atomic E-state index is -0.451. The van der Waals surface area contributed by atoms with Gasteiger partial charge in [-0.15, -0.1) is 0 Å². The minimum absolute atomic E-state index is 0.153. The van der Waals surface area contributed by atoms with Gasteiger partial charge in [0.1, 0.15) is 0 Å². The number of para-hydroxylation sites is 1. The highest BCUT2D eigenvalue weighted by atomic mass is 16.2. The monoisotopic (exact) mass is 362 g/mol. The lowest BCUT2D eigenvalue weighted by Gasteiger charge is -2.38. The van der Waals surface area contributed by atoms with Crippen LogP contribution in [0.1, 0.15) is 36.5 Å². The maximum atomic E-state index is 13.2. The number of carbonyl (C=O) groups is 2. The molecule has 2 amide bonds. The van der Waals surface area contributed by atoms with Crippen molar-refractivity contribution in [1.29, 1.82) is 0 Å². The van der Waals surface area contributed by atoms with Crippen LogP contribution >= 0.6 is 0 Å². The fraction of sp³-hybridized carbons (Fsp3) is 0.391. The van der Waals surface area contributed by atoms with Gasteiger partial charge >= 0.3 is 0 Å². The normalized spacial score (nSPS) is 18.1. The zero-order valence-corrected chi connectivity index (χ0v) is 16.1. The molecule has 2 heterocycles. The van der Waals surface area contributed by atoms with Gasteiger partial charge in [-0.1, -0.05) is 48.0 Å². The van der Waals surface area contributed by atoms with E-state index in [0.717, 1.165) is 16.8 Å². The Morgan fingerprint density at radius 1 is 1.04 bits per heavy atom. The highest BCUT2D eigenvalue weighted by molar-refractivity contribution is 6.08. The maximum absolute atomic E-state index is 13.2. The van der Waals surface area contributed by atoms with Crippen molar-refractivity contribution in [2.75, 3.05) is 24.5 Å². The molecule has 140 valence electrons. The molecule has 0 aromatic heterocycles. The number of aryl methyl sites for hydroxylation is 1. The number of amides is 2. The van der Waals surface area contributed by atoms with E-state index >= 15 is 0 Å². The van der Waals surface area contributed by atoms with Crippen LogP contribution in [-0.2, 0) is 21.4 Å². The number of benzene rings is 2. The molecule has 0 atom stereocenters. The first-order valence-corrected chi connectivity index (χ1v) is 9.80. The number of rotatable bonds is 3. The van der Waals surface area contributed by atoms with Gasteiger partial charge in [0, 0.05) is 25.3 Å². The lowest BCUT2D eigenvalue weighted by Crippen LogP contribution is -2.50. The van der Waals surface area contributed by atoms with E-state index in [1.807, 2.05) is 66.1 Å². The highest BCUT2D eigenvalue weighted by Crippen LogP contribution is 2.47. The molecule has 4 rings (SSSR count). The third-order valence-corrected chi connectivity index (χ3v) is 6.13. The van der Waals surface area contributed by atoms with Crippen LogP contribution in [0.4, 0.5) is 5.69 Å². The molecule has 0 radical (unpaired) electrons. The standard InChI is InChI=1S/C23H26N2O2/c1-3-25-20-7-5-4-6-19(20)23(22(25)27)12-14-24(15-13-23)21(26)16-18-10-8-17(2)9-11-18/h4-11H,3,12-16H2,1-2H3. The van der Waals surface area contributed by atoms with Crippen molar-refractivity contribution < 1.29 is 9.59 Å². The smallest absolute Gasteiger partial charge is 0.237 e. The summed E-state index contributed by atoms with van der Waals surface area (Å²) in [5.41, 5.74) is 3.98. The molecule has 0 unspecified atom stereocenters. The Balaban J connectivity index is 1.49. The first-order chi connectivity index (χ1) is 13.0. The molecule has 1 spiro atoms. The second-order valence-corrected chi connectivity index (χ2v) is 7.69. The molecule has 1 fully saturated rings. The van der Waals surface area contributed by atoms with Crippen molar-refractivity contribution in [3.63, 3.8) is 0 Å². The summed E-state index contributed by atoms with van der Waals surface area (Å²) in [5, 5.41) is 0. The average molecular weight is 362 g/mol. The Kier molecular flexibility index (Phi) is 4.50. The van der Waals surface area contributed by atoms with Gasteiger partial charge in [-0.05, 0) is 43.9 Å². The van der Waals surface area contributed by atoms with Gasteiger partial charge in [-0.25, -0.2) is 0 Å². The summed E-state index contributed by atoms with van der Waals surface area (Å²) in [6, 6.07) is 16.3. The number of fused-ring (bicyclic) bond motifs is 2. The lowest BCUT2D eigenvalue weighted by atomic mass is 9.73. The summed E-state index contributed by atoms with van der Waals surface area (Å²) in [6.45, 7) is 6.04. The van der Waals surface area contributed by atoms with E-state index in [2.05, 4.69) is 6.07 Å². The molecule has 4 nitrogen and oxygen atoms in total. The van der Waals surface area contributed by atoms with E-state index in [0.29, 0.717) is 38.9 Å². The fourth-order valence-corrected chi connectivity index (χ4v) is 4.52. The van der Waals surface area contributed by atoms with Crippen LogP contribution in [0.2, 0.25) is 0 Å². The van der Waals surface area contributed by atoms with E-state index < -0.39 is 5.41 Å². The van der Waals surface area contributed by atoms with Crippen molar-refractivity contribution >= 4 is 17.5 Å². The van der Waals surface area contributed by atoms with Crippen LogP contribution < -0.4 is 4.90 Å². The number of likely N-dealkylation sites (N-methyl/N-ethyl adjacent to an activating group) is 1.